The number of aliphatic hydroxyl groups is 2. The van der Waals surface area contributed by atoms with Crippen LogP contribution in [-0.4, -0.2) is 71.5 Å². The number of carbonyl (C=O) groups is 3. The highest BCUT2D eigenvalue weighted by atomic mass is 16.5. The lowest BCUT2D eigenvalue weighted by Gasteiger charge is -1.94. The van der Waals surface area contributed by atoms with Gasteiger partial charge in [0.05, 0.1) is 33.0 Å². The summed E-state index contributed by atoms with van der Waals surface area (Å²) in [5.41, 5.74) is 4.54. The van der Waals surface area contributed by atoms with Crippen LogP contribution in [0, 0.1) is 0 Å². The number of primary amides is 1. The van der Waals surface area contributed by atoms with Crippen molar-refractivity contribution >= 4 is 18.0 Å². The zero-order chi connectivity index (χ0) is 18.5. The Balaban J connectivity index is -0.000000272. The van der Waals surface area contributed by atoms with Crippen LogP contribution in [-0.2, 0) is 19.1 Å². The van der Waals surface area contributed by atoms with E-state index in [4.69, 9.17) is 20.4 Å². The predicted molar refractivity (Wildman–Crippen MR) is 79.9 cm³/mol. The number of carboxylic acid groups (broad SMARTS) is 2. The van der Waals surface area contributed by atoms with Crippen LogP contribution in [0.1, 0.15) is 32.6 Å². The van der Waals surface area contributed by atoms with Gasteiger partial charge in [-0.25, -0.2) is 4.79 Å². The van der Waals surface area contributed by atoms with E-state index in [2.05, 4.69) is 15.2 Å². The average Bonchev–Trinajstić information content (AvgIpc) is 2.45. The summed E-state index contributed by atoms with van der Waals surface area (Å²) in [5.74, 6) is -1.74. The summed E-state index contributed by atoms with van der Waals surface area (Å²) in [7, 11) is 0. The number of unbranched alkanes of at least 4 members (excludes halogenated alkanes) is 1. The Bertz CT molecular complexity index is 277. The lowest BCUT2D eigenvalue weighted by Crippen LogP contribution is -2.11. The first-order chi connectivity index (χ1) is 10.8. The van der Waals surface area contributed by atoms with E-state index in [1.54, 1.807) is 6.92 Å². The molecule has 0 heterocycles. The Hall–Kier alpha value is -1.91. The fourth-order valence-corrected chi connectivity index (χ4v) is 0.926. The minimum Gasteiger partial charge on any atom is -0.481 e. The highest BCUT2D eigenvalue weighted by Gasteiger charge is 1.99. The second-order valence-electron chi connectivity index (χ2n) is 3.81. The molecule has 0 saturated carbocycles. The van der Waals surface area contributed by atoms with E-state index < -0.39 is 18.0 Å². The standard InChI is InChI=1S/C6H10O4.C4H10O3.C3H7NO2/c7-5(8)3-1-2-4-6(9)10;5-1-3-7-4-2-6;1-2-6-3(4)5/h1-4H2,(H,7,8)(H,9,10);5-6H,1-4H2;2H2,1H3,(H2,4,5). The van der Waals surface area contributed by atoms with Crippen molar-refractivity contribution in [1.29, 1.82) is 0 Å². The molecule has 10 heteroatoms. The Morgan fingerprint density at radius 1 is 0.913 bits per heavy atom. The molecule has 138 valence electrons. The molecule has 0 spiro atoms. The van der Waals surface area contributed by atoms with Gasteiger partial charge >= 0.3 is 18.0 Å². The lowest BCUT2D eigenvalue weighted by atomic mass is 10.2. The molecule has 0 aliphatic carbocycles. The first-order valence-electron chi connectivity index (χ1n) is 6.97. The number of aliphatic hydroxyl groups excluding tert-OH is 2. The molecule has 0 aromatic carbocycles. The molecular weight excluding hydrogens is 314 g/mol. The molecule has 1 amide bonds. The molecule has 0 bridgehead atoms. The van der Waals surface area contributed by atoms with E-state index >= 15 is 0 Å². The summed E-state index contributed by atoms with van der Waals surface area (Å²) < 4.78 is 8.81. The highest BCUT2D eigenvalue weighted by Crippen LogP contribution is 1.98. The van der Waals surface area contributed by atoms with Crippen LogP contribution in [0.4, 0.5) is 4.79 Å². The molecular formula is C13H27NO9. The molecule has 0 aromatic rings. The summed E-state index contributed by atoms with van der Waals surface area (Å²) in [6.45, 7) is 2.75. The molecule has 0 aliphatic heterocycles. The number of nitrogens with two attached hydrogens (primary N) is 1. The number of carbonyl (C=O) groups excluding carboxylic acids is 1. The topological polar surface area (TPSA) is 177 Å². The Labute approximate surface area is 134 Å². The van der Waals surface area contributed by atoms with Crippen molar-refractivity contribution in [2.75, 3.05) is 33.0 Å². The molecule has 0 atom stereocenters. The molecule has 0 radical (unpaired) electrons. The minimum atomic E-state index is -0.870. The third-order valence-corrected chi connectivity index (χ3v) is 1.79. The van der Waals surface area contributed by atoms with Gasteiger partial charge in [-0.15, -0.1) is 0 Å². The molecule has 0 unspecified atom stereocenters. The SMILES string of the molecule is CCOC(N)=O.O=C(O)CCCCC(=O)O.OCCOCCO. The molecule has 10 nitrogen and oxygen atoms in total. The van der Waals surface area contributed by atoms with Gasteiger partial charge < -0.3 is 35.6 Å². The highest BCUT2D eigenvalue weighted by molar-refractivity contribution is 5.67. The van der Waals surface area contributed by atoms with Crippen LogP contribution in [0.3, 0.4) is 0 Å². The van der Waals surface area contributed by atoms with Crippen molar-refractivity contribution in [2.45, 2.75) is 32.6 Å². The first kappa shape index (κ1) is 26.0. The smallest absolute Gasteiger partial charge is 0.404 e. The summed E-state index contributed by atoms with van der Waals surface area (Å²) in [6, 6.07) is 0. The lowest BCUT2D eigenvalue weighted by molar-refractivity contribution is -0.139. The van der Waals surface area contributed by atoms with E-state index in [0.717, 1.165) is 0 Å². The monoisotopic (exact) mass is 341 g/mol. The fourth-order valence-electron chi connectivity index (χ4n) is 0.926. The maximum atomic E-state index is 9.90. The quantitative estimate of drug-likeness (QED) is 0.337. The van der Waals surface area contributed by atoms with Crippen LogP contribution in [0.2, 0.25) is 0 Å². The number of carboxylic acids is 2. The number of amides is 1. The molecule has 23 heavy (non-hydrogen) atoms. The second-order valence-corrected chi connectivity index (χ2v) is 3.81. The zero-order valence-corrected chi connectivity index (χ0v) is 13.3. The molecule has 0 aromatic heterocycles. The van der Waals surface area contributed by atoms with Gasteiger partial charge in [0.25, 0.3) is 0 Å². The van der Waals surface area contributed by atoms with Crippen LogP contribution >= 0.6 is 0 Å². The Morgan fingerprint density at radius 2 is 1.30 bits per heavy atom. The third-order valence-electron chi connectivity index (χ3n) is 1.79. The van der Waals surface area contributed by atoms with Crippen LogP contribution in [0.15, 0.2) is 0 Å². The largest absolute Gasteiger partial charge is 0.481 e. The summed E-state index contributed by atoms with van der Waals surface area (Å²) >= 11 is 0. The number of hydrogen-bond donors (Lipinski definition) is 5. The van der Waals surface area contributed by atoms with E-state index in [9.17, 15) is 14.4 Å². The Morgan fingerprint density at radius 3 is 1.48 bits per heavy atom. The number of rotatable bonds is 10. The average molecular weight is 341 g/mol. The van der Waals surface area contributed by atoms with Gasteiger partial charge in [0, 0.05) is 12.8 Å². The molecule has 0 saturated heterocycles. The van der Waals surface area contributed by atoms with E-state index in [1.165, 1.54) is 0 Å². The summed E-state index contributed by atoms with van der Waals surface area (Å²) in [5, 5.41) is 32.4. The van der Waals surface area contributed by atoms with E-state index in [-0.39, 0.29) is 26.1 Å². The van der Waals surface area contributed by atoms with Crippen LogP contribution in [0.25, 0.3) is 0 Å². The summed E-state index contributed by atoms with van der Waals surface area (Å²) in [4.78, 5) is 29.4. The van der Waals surface area contributed by atoms with Gasteiger partial charge in [-0.2, -0.15) is 0 Å². The van der Waals surface area contributed by atoms with Crippen LogP contribution in [0.5, 0.6) is 0 Å². The normalized spacial score (nSPS) is 8.83. The van der Waals surface area contributed by atoms with Crippen molar-refractivity contribution in [3.05, 3.63) is 0 Å². The van der Waals surface area contributed by atoms with E-state index in [1.807, 2.05) is 0 Å². The number of ether oxygens (including phenoxy) is 2. The maximum absolute atomic E-state index is 9.90. The molecule has 0 aliphatic rings. The second kappa shape index (κ2) is 22.4. The Kier molecular flexibility index (Phi) is 25.3. The van der Waals surface area contributed by atoms with Crippen molar-refractivity contribution in [2.24, 2.45) is 5.73 Å². The predicted octanol–water partition coefficient (Wildman–Crippen LogP) is -0.195. The van der Waals surface area contributed by atoms with Crippen molar-refractivity contribution < 1.29 is 44.3 Å². The van der Waals surface area contributed by atoms with Gasteiger partial charge in [-0.1, -0.05) is 0 Å². The first-order valence-corrected chi connectivity index (χ1v) is 6.97. The van der Waals surface area contributed by atoms with Crippen molar-refractivity contribution in [3.8, 4) is 0 Å². The van der Waals surface area contributed by atoms with Crippen molar-refractivity contribution in [1.82, 2.24) is 0 Å². The molecule has 0 fully saturated rings. The fraction of sp³-hybridized carbons (Fsp3) is 0.769. The maximum Gasteiger partial charge on any atom is 0.404 e. The number of hydrogen-bond acceptors (Lipinski definition) is 7. The van der Waals surface area contributed by atoms with Crippen LogP contribution < -0.4 is 5.73 Å². The summed E-state index contributed by atoms with van der Waals surface area (Å²) in [6.07, 6.45) is 0.307. The molecule has 6 N–H and O–H groups in total. The third kappa shape index (κ3) is 45.0. The molecule has 0 rings (SSSR count). The van der Waals surface area contributed by atoms with E-state index in [0.29, 0.717) is 32.7 Å². The van der Waals surface area contributed by atoms with Gasteiger partial charge in [-0.3, -0.25) is 9.59 Å². The zero-order valence-electron chi connectivity index (χ0n) is 13.3. The minimum absolute atomic E-state index is 0.0278. The van der Waals surface area contributed by atoms with Gasteiger partial charge in [0.1, 0.15) is 0 Å². The van der Waals surface area contributed by atoms with Gasteiger partial charge in [0.2, 0.25) is 0 Å². The van der Waals surface area contributed by atoms with Gasteiger partial charge in [-0.05, 0) is 19.8 Å². The van der Waals surface area contributed by atoms with Gasteiger partial charge in [0.15, 0.2) is 0 Å². The van der Waals surface area contributed by atoms with Crippen molar-refractivity contribution in [3.63, 3.8) is 0 Å². The number of aliphatic carboxylic acids is 2.